The van der Waals surface area contributed by atoms with E-state index in [1.54, 1.807) is 32.0 Å². The zero-order valence-electron chi connectivity index (χ0n) is 12.7. The summed E-state index contributed by atoms with van der Waals surface area (Å²) in [7, 11) is 0. The monoisotopic (exact) mass is 381 g/mol. The number of carbonyl (C=O) groups excluding carboxylic acids is 1. The van der Waals surface area contributed by atoms with E-state index in [4.69, 9.17) is 11.6 Å². The van der Waals surface area contributed by atoms with Gasteiger partial charge in [0, 0.05) is 16.8 Å². The molecular formula is C14H15ClF3N3O2S. The Hall–Kier alpha value is -1.45. The van der Waals surface area contributed by atoms with E-state index >= 15 is 0 Å². The summed E-state index contributed by atoms with van der Waals surface area (Å²) in [4.78, 5) is 12.2. The summed E-state index contributed by atoms with van der Waals surface area (Å²) in [6.07, 6.45) is -6.34. The lowest BCUT2D eigenvalue weighted by Crippen LogP contribution is -2.45. The maximum Gasteiger partial charge on any atom is 0.441 e. The van der Waals surface area contributed by atoms with Crippen LogP contribution < -0.4 is 5.32 Å². The molecular weight excluding hydrogens is 367 g/mol. The molecule has 2 rings (SSSR count). The van der Waals surface area contributed by atoms with Crippen molar-refractivity contribution in [3.05, 3.63) is 29.3 Å². The molecule has 5 nitrogen and oxygen atoms in total. The molecule has 132 valence electrons. The van der Waals surface area contributed by atoms with Crippen LogP contribution in [0.5, 0.6) is 0 Å². The fraction of sp³-hybridized carbons (Fsp3) is 0.429. The highest BCUT2D eigenvalue weighted by atomic mass is 35.5. The molecule has 24 heavy (non-hydrogen) atoms. The molecule has 0 spiro atoms. The van der Waals surface area contributed by atoms with Gasteiger partial charge in [-0.3, -0.25) is 9.80 Å². The van der Waals surface area contributed by atoms with E-state index in [0.717, 1.165) is 5.01 Å². The number of aliphatic hydroxyl groups is 1. The Balaban J connectivity index is 2.13. The molecule has 2 atom stereocenters. The first kappa shape index (κ1) is 18.9. The first-order valence-corrected chi connectivity index (χ1v) is 8.20. The van der Waals surface area contributed by atoms with E-state index in [1.165, 1.54) is 6.07 Å². The van der Waals surface area contributed by atoms with Crippen molar-refractivity contribution in [2.45, 2.75) is 37.5 Å². The van der Waals surface area contributed by atoms with Crippen LogP contribution in [-0.4, -0.2) is 44.8 Å². The van der Waals surface area contributed by atoms with Crippen LogP contribution in [0, 0.1) is 0 Å². The number of hydrogen-bond donors (Lipinski definition) is 2. The summed E-state index contributed by atoms with van der Waals surface area (Å²) in [5, 5.41) is 15.3. The number of amides is 1. The van der Waals surface area contributed by atoms with Gasteiger partial charge in [0.15, 0.2) is 11.1 Å². The Morgan fingerprint density at radius 1 is 1.46 bits per heavy atom. The second-order valence-electron chi connectivity index (χ2n) is 5.33. The van der Waals surface area contributed by atoms with Gasteiger partial charge in [-0.2, -0.15) is 18.3 Å². The first-order chi connectivity index (χ1) is 11.1. The van der Waals surface area contributed by atoms with E-state index in [2.05, 4.69) is 10.4 Å². The summed E-state index contributed by atoms with van der Waals surface area (Å²) in [6.45, 7) is 3.25. The smallest absolute Gasteiger partial charge is 0.380 e. The van der Waals surface area contributed by atoms with Crippen LogP contribution in [0.25, 0.3) is 0 Å². The second-order valence-corrected chi connectivity index (χ2v) is 6.87. The quantitative estimate of drug-likeness (QED) is 0.840. The molecule has 0 radical (unpaired) electrons. The van der Waals surface area contributed by atoms with Crippen LogP contribution in [-0.2, 0) is 4.79 Å². The Kier molecular flexibility index (Phi) is 5.67. The molecule has 0 saturated heterocycles. The topological polar surface area (TPSA) is 64.9 Å². The predicted octanol–water partition coefficient (Wildman–Crippen LogP) is 3.30. The van der Waals surface area contributed by atoms with Crippen molar-refractivity contribution in [2.24, 2.45) is 5.10 Å². The Morgan fingerprint density at radius 3 is 2.67 bits per heavy atom. The van der Waals surface area contributed by atoms with Gasteiger partial charge in [-0.25, -0.2) is 0 Å². The number of nitrogens with zero attached hydrogens (tertiary/aromatic N) is 2. The molecule has 0 bridgehead atoms. The van der Waals surface area contributed by atoms with E-state index < -0.39 is 34.6 Å². The van der Waals surface area contributed by atoms with Crippen molar-refractivity contribution in [3.8, 4) is 0 Å². The molecule has 1 aliphatic rings. The first-order valence-electron chi connectivity index (χ1n) is 6.95. The molecule has 1 aromatic rings. The number of nitrogens with one attached hydrogen (secondary N) is 1. The van der Waals surface area contributed by atoms with Crippen molar-refractivity contribution < 1.29 is 23.1 Å². The molecule has 2 unspecified atom stereocenters. The highest BCUT2D eigenvalue weighted by molar-refractivity contribution is 8.14. The number of anilines is 1. The number of alkyl halides is 3. The third-order valence-electron chi connectivity index (χ3n) is 3.10. The van der Waals surface area contributed by atoms with Gasteiger partial charge in [0.05, 0.1) is 0 Å². The van der Waals surface area contributed by atoms with Gasteiger partial charge in [-0.15, -0.1) is 0 Å². The Bertz CT molecular complexity index is 654. The molecule has 0 saturated carbocycles. The summed E-state index contributed by atoms with van der Waals surface area (Å²) in [6, 6.07) is 5.79. The minimum Gasteiger partial charge on any atom is -0.380 e. The van der Waals surface area contributed by atoms with Gasteiger partial charge >= 0.3 is 6.18 Å². The summed E-state index contributed by atoms with van der Waals surface area (Å²) >= 11 is 6.12. The average molecular weight is 382 g/mol. The van der Waals surface area contributed by atoms with Crippen molar-refractivity contribution in [1.82, 2.24) is 5.01 Å². The van der Waals surface area contributed by atoms with E-state index in [1.807, 2.05) is 0 Å². The van der Waals surface area contributed by atoms with Crippen LogP contribution in [0.2, 0.25) is 5.02 Å². The van der Waals surface area contributed by atoms with Crippen LogP contribution in [0.15, 0.2) is 29.4 Å². The van der Waals surface area contributed by atoms with Crippen molar-refractivity contribution in [3.63, 3.8) is 0 Å². The maximum absolute atomic E-state index is 12.9. The third kappa shape index (κ3) is 4.34. The van der Waals surface area contributed by atoms with Crippen LogP contribution in [0.3, 0.4) is 0 Å². The highest BCUT2D eigenvalue weighted by Gasteiger charge is 2.47. The molecule has 10 heteroatoms. The van der Waals surface area contributed by atoms with Gasteiger partial charge in [0.25, 0.3) is 5.91 Å². The fourth-order valence-electron chi connectivity index (χ4n) is 2.01. The number of hydrogen-bond acceptors (Lipinski definition) is 5. The van der Waals surface area contributed by atoms with Crippen LogP contribution in [0.4, 0.5) is 18.9 Å². The number of halogens is 4. The summed E-state index contributed by atoms with van der Waals surface area (Å²) in [5.74, 6) is -0.834. The molecule has 1 amide bonds. The fourth-order valence-corrected chi connectivity index (χ4v) is 3.35. The summed E-state index contributed by atoms with van der Waals surface area (Å²) < 4.78 is 38.6. The average Bonchev–Trinajstić information content (AvgIpc) is 2.91. The minimum absolute atomic E-state index is 0.318. The van der Waals surface area contributed by atoms with Crippen molar-refractivity contribution >= 4 is 40.0 Å². The summed E-state index contributed by atoms with van der Waals surface area (Å²) in [5.41, 5.74) is 0.336. The predicted molar refractivity (Wildman–Crippen MR) is 87.9 cm³/mol. The van der Waals surface area contributed by atoms with Crippen LogP contribution >= 0.6 is 23.4 Å². The van der Waals surface area contributed by atoms with Crippen molar-refractivity contribution in [1.29, 1.82) is 0 Å². The number of carbonyl (C=O) groups is 1. The van der Waals surface area contributed by atoms with Gasteiger partial charge < -0.3 is 10.4 Å². The largest absolute Gasteiger partial charge is 0.441 e. The molecule has 1 aromatic carbocycles. The number of hydrazone groups is 1. The zero-order valence-corrected chi connectivity index (χ0v) is 14.3. The van der Waals surface area contributed by atoms with E-state index in [-0.39, 0.29) is 0 Å². The molecule has 0 aliphatic carbocycles. The van der Waals surface area contributed by atoms with Crippen molar-refractivity contribution in [2.75, 3.05) is 5.32 Å². The van der Waals surface area contributed by atoms with Gasteiger partial charge in [-0.1, -0.05) is 29.4 Å². The van der Waals surface area contributed by atoms with Gasteiger partial charge in [0.2, 0.25) is 0 Å². The lowest BCUT2D eigenvalue weighted by atomic mass is 10.2. The highest BCUT2D eigenvalue weighted by Crippen LogP contribution is 2.37. The standard InChI is InChI=1S/C14H15ClF3N3O2S/c1-7(2)21-12(24-13(20-21)14(16,17)18)10(22)11(23)19-9-5-3-4-8(15)6-9/h3-7,10,12,22H,1-2H3,(H,19,23). The SMILES string of the molecule is CC(C)N1N=C(C(F)(F)F)SC1C(O)C(=O)Nc1cccc(Cl)c1. The van der Waals surface area contributed by atoms with E-state index in [9.17, 15) is 23.1 Å². The van der Waals surface area contributed by atoms with Gasteiger partial charge in [0.1, 0.15) is 5.37 Å². The second kappa shape index (κ2) is 7.20. The molecule has 1 heterocycles. The zero-order chi connectivity index (χ0) is 18.1. The number of thioether (sulfide) groups is 1. The number of benzene rings is 1. The minimum atomic E-state index is -4.63. The maximum atomic E-state index is 12.9. The third-order valence-corrected chi connectivity index (χ3v) is 4.59. The van der Waals surface area contributed by atoms with E-state index in [0.29, 0.717) is 22.5 Å². The normalized spacial score (nSPS) is 19.4. The Morgan fingerprint density at radius 2 is 2.12 bits per heavy atom. The molecule has 2 N–H and O–H groups in total. The molecule has 0 fully saturated rings. The number of rotatable bonds is 4. The number of aliphatic hydroxyl groups excluding tert-OH is 1. The Labute approximate surface area is 145 Å². The van der Waals surface area contributed by atoms with Gasteiger partial charge in [-0.05, 0) is 32.0 Å². The lowest BCUT2D eigenvalue weighted by molar-refractivity contribution is -0.125. The lowest BCUT2D eigenvalue weighted by Gasteiger charge is -2.29. The van der Waals surface area contributed by atoms with Crippen LogP contribution in [0.1, 0.15) is 13.8 Å². The molecule has 1 aliphatic heterocycles. The molecule has 0 aromatic heterocycles.